The van der Waals surface area contributed by atoms with Crippen molar-refractivity contribution in [2.75, 3.05) is 19.5 Å². The Morgan fingerprint density at radius 2 is 1.77 bits per heavy atom. The van der Waals surface area contributed by atoms with Crippen LogP contribution in [0.5, 0.6) is 11.5 Å². The van der Waals surface area contributed by atoms with E-state index in [1.807, 2.05) is 36.4 Å². The van der Waals surface area contributed by atoms with Crippen LogP contribution >= 0.6 is 0 Å². The van der Waals surface area contributed by atoms with Crippen LogP contribution in [0, 0.1) is 5.41 Å². The molecular formula is C24H25N4O3. The highest BCUT2D eigenvalue weighted by Gasteiger charge is 2.22. The topological polar surface area (TPSA) is 112 Å². The summed E-state index contributed by atoms with van der Waals surface area (Å²) in [7, 11) is 3.02. The number of nitrogen functional groups attached to an aromatic ring is 1. The molecule has 0 aliphatic rings. The fourth-order valence-electron chi connectivity index (χ4n) is 3.05. The van der Waals surface area contributed by atoms with Crippen LogP contribution in [0.15, 0.2) is 72.8 Å². The molecule has 0 unspecified atom stereocenters. The Morgan fingerprint density at radius 1 is 1.06 bits per heavy atom. The number of ether oxygens (including phenoxy) is 2. The van der Waals surface area contributed by atoms with Crippen LogP contribution < -0.4 is 25.8 Å². The lowest BCUT2D eigenvalue weighted by molar-refractivity contribution is -0.121. The zero-order valence-corrected chi connectivity index (χ0v) is 17.5. The molecule has 1 radical (unpaired) electrons. The molecule has 159 valence electrons. The molecule has 0 saturated carbocycles. The number of carbonyl (C=O) groups excluding carboxylic acids is 1. The Balaban J connectivity index is 1.81. The van der Waals surface area contributed by atoms with Crippen LogP contribution in [0.2, 0.25) is 0 Å². The smallest absolute Gasteiger partial charge is 0.268 e. The number of hydrogen-bond donors (Lipinski definition) is 3. The summed E-state index contributed by atoms with van der Waals surface area (Å²) in [6.45, 7) is 0.407. The van der Waals surface area contributed by atoms with E-state index < -0.39 is 6.04 Å². The molecule has 0 aromatic heterocycles. The first-order valence-corrected chi connectivity index (χ1v) is 9.71. The third-order valence-corrected chi connectivity index (χ3v) is 4.73. The predicted octanol–water partition coefficient (Wildman–Crippen LogP) is 3.47. The molecule has 0 fully saturated rings. The van der Waals surface area contributed by atoms with Gasteiger partial charge in [-0.2, -0.15) is 0 Å². The van der Waals surface area contributed by atoms with Crippen LogP contribution in [0.3, 0.4) is 0 Å². The van der Waals surface area contributed by atoms with Gasteiger partial charge in [0, 0.05) is 18.3 Å². The van der Waals surface area contributed by atoms with E-state index in [0.717, 1.165) is 5.56 Å². The van der Waals surface area contributed by atoms with Crippen LogP contribution in [-0.2, 0) is 11.4 Å². The second kappa shape index (κ2) is 10.2. The highest BCUT2D eigenvalue weighted by atomic mass is 16.5. The molecule has 7 heteroatoms. The van der Waals surface area contributed by atoms with E-state index in [1.165, 1.54) is 7.05 Å². The van der Waals surface area contributed by atoms with Crippen molar-refractivity contribution < 1.29 is 14.3 Å². The number of amides is 1. The molecule has 0 aliphatic carbocycles. The summed E-state index contributed by atoms with van der Waals surface area (Å²) in [5.74, 6) is 0.769. The number of benzene rings is 3. The Bertz CT molecular complexity index is 1040. The van der Waals surface area contributed by atoms with Gasteiger partial charge in [-0.05, 0) is 47.5 Å². The Kier molecular flexibility index (Phi) is 7.11. The minimum Gasteiger partial charge on any atom is -0.493 e. The minimum atomic E-state index is -0.703. The van der Waals surface area contributed by atoms with Crippen LogP contribution in [0.1, 0.15) is 22.7 Å². The van der Waals surface area contributed by atoms with Gasteiger partial charge in [0.25, 0.3) is 5.91 Å². The van der Waals surface area contributed by atoms with Crippen molar-refractivity contribution in [2.24, 2.45) is 5.73 Å². The number of rotatable bonds is 9. The Hall–Kier alpha value is -4.00. The van der Waals surface area contributed by atoms with Crippen molar-refractivity contribution in [2.45, 2.75) is 12.6 Å². The van der Waals surface area contributed by atoms with Gasteiger partial charge < -0.3 is 20.5 Å². The first-order valence-electron chi connectivity index (χ1n) is 9.71. The lowest BCUT2D eigenvalue weighted by Gasteiger charge is -2.20. The van der Waals surface area contributed by atoms with Gasteiger partial charge >= 0.3 is 0 Å². The first-order chi connectivity index (χ1) is 15.0. The van der Waals surface area contributed by atoms with E-state index in [2.05, 4.69) is 10.6 Å². The summed E-state index contributed by atoms with van der Waals surface area (Å²) in [5.41, 5.74) is 8.55. The molecule has 1 amide bonds. The fourth-order valence-corrected chi connectivity index (χ4v) is 3.05. The summed E-state index contributed by atoms with van der Waals surface area (Å²) in [6.07, 6.45) is 0. The maximum absolute atomic E-state index is 12.5. The first kappa shape index (κ1) is 21.7. The van der Waals surface area contributed by atoms with Gasteiger partial charge in [-0.1, -0.05) is 36.4 Å². The molecule has 0 bridgehead atoms. The Morgan fingerprint density at radius 3 is 2.39 bits per heavy atom. The van der Waals surface area contributed by atoms with E-state index in [0.29, 0.717) is 34.9 Å². The van der Waals surface area contributed by atoms with E-state index in [4.69, 9.17) is 20.6 Å². The average Bonchev–Trinajstić information content (AvgIpc) is 2.81. The van der Waals surface area contributed by atoms with E-state index >= 15 is 0 Å². The lowest BCUT2D eigenvalue weighted by atomic mass is 10.0. The molecule has 31 heavy (non-hydrogen) atoms. The molecule has 0 aliphatic heterocycles. The minimum absolute atomic E-state index is 0.0152. The summed E-state index contributed by atoms with van der Waals surface area (Å²) < 4.78 is 11.4. The zero-order chi connectivity index (χ0) is 22.2. The van der Waals surface area contributed by atoms with Gasteiger partial charge in [-0.3, -0.25) is 15.5 Å². The standard InChI is InChI=1S/C24H25N4O3/c1-27-24(29)22(28-19-11-8-17(9-12-19)23(25)26)18-10-13-20(21(14-18)30-2)31-15-16-6-4-3-5-7-16/h3-14,22,28H,15H2,1-2H3,(H3,25,26)/t22-/m0/s1. The monoisotopic (exact) mass is 417 g/mol. The summed E-state index contributed by atoms with van der Waals surface area (Å²) in [5, 5.41) is 14.5. The highest BCUT2D eigenvalue weighted by molar-refractivity contribution is 5.95. The number of nitrogens with zero attached hydrogens (tertiary/aromatic N) is 1. The number of nitrogens with two attached hydrogens (primary N) is 1. The molecule has 7 nitrogen and oxygen atoms in total. The molecule has 1 atom stereocenters. The van der Waals surface area contributed by atoms with Crippen LogP contribution in [0.25, 0.3) is 0 Å². The van der Waals surface area contributed by atoms with Gasteiger partial charge in [-0.15, -0.1) is 0 Å². The number of hydrogen-bond acceptors (Lipinski definition) is 5. The largest absolute Gasteiger partial charge is 0.493 e. The fraction of sp³-hybridized carbons (Fsp3) is 0.167. The van der Waals surface area contributed by atoms with Gasteiger partial charge in [0.1, 0.15) is 18.5 Å². The van der Waals surface area contributed by atoms with E-state index in [1.54, 1.807) is 43.5 Å². The van der Waals surface area contributed by atoms with Gasteiger partial charge in [-0.25, -0.2) is 0 Å². The molecule has 4 N–H and O–H groups in total. The summed E-state index contributed by atoms with van der Waals surface area (Å²) >= 11 is 0. The zero-order valence-electron chi connectivity index (χ0n) is 17.5. The normalized spacial score (nSPS) is 11.3. The second-order valence-corrected chi connectivity index (χ2v) is 6.81. The maximum Gasteiger partial charge on any atom is 0.268 e. The number of carbonyl (C=O) groups is 1. The molecule has 3 aromatic carbocycles. The van der Waals surface area contributed by atoms with E-state index in [-0.39, 0.29) is 11.7 Å². The Labute approximate surface area is 181 Å². The number of nitrogens with one attached hydrogen (secondary N) is 2. The second-order valence-electron chi connectivity index (χ2n) is 6.81. The van der Waals surface area contributed by atoms with Gasteiger partial charge in [0.2, 0.25) is 0 Å². The van der Waals surface area contributed by atoms with Gasteiger partial charge in [0.15, 0.2) is 11.5 Å². The van der Waals surface area contributed by atoms with Crippen LogP contribution in [-0.4, -0.2) is 25.9 Å². The number of methoxy groups -OCH3 is 1. The van der Waals surface area contributed by atoms with Gasteiger partial charge in [0.05, 0.1) is 7.11 Å². The predicted molar refractivity (Wildman–Crippen MR) is 121 cm³/mol. The van der Waals surface area contributed by atoms with Crippen molar-refractivity contribution in [1.29, 1.82) is 5.41 Å². The van der Waals surface area contributed by atoms with Crippen molar-refractivity contribution in [1.82, 2.24) is 5.32 Å². The number of amidine groups is 1. The molecular weight excluding hydrogens is 392 g/mol. The van der Waals surface area contributed by atoms with Crippen molar-refractivity contribution in [3.05, 3.63) is 89.5 Å². The number of likely N-dealkylation sites (N-methyl/N-ethyl adjacent to an activating group) is 1. The average molecular weight is 417 g/mol. The molecule has 0 spiro atoms. The van der Waals surface area contributed by atoms with Crippen LogP contribution in [0.4, 0.5) is 5.69 Å². The molecule has 0 saturated heterocycles. The molecule has 3 aromatic rings. The molecule has 0 heterocycles. The quantitative estimate of drug-likeness (QED) is 0.365. The van der Waals surface area contributed by atoms with E-state index in [9.17, 15) is 4.79 Å². The summed E-state index contributed by atoms with van der Waals surface area (Å²) in [6, 6.07) is 21.5. The molecule has 3 rings (SSSR count). The number of anilines is 1. The third-order valence-electron chi connectivity index (χ3n) is 4.73. The van der Waals surface area contributed by atoms with Crippen molar-refractivity contribution in [3.8, 4) is 11.5 Å². The highest BCUT2D eigenvalue weighted by Crippen LogP contribution is 2.32. The third kappa shape index (κ3) is 5.54. The summed E-state index contributed by atoms with van der Waals surface area (Å²) in [4.78, 5) is 12.5. The lowest BCUT2D eigenvalue weighted by Crippen LogP contribution is -2.27. The van der Waals surface area contributed by atoms with Crippen molar-refractivity contribution >= 4 is 17.4 Å². The maximum atomic E-state index is 12.5. The SMILES string of the molecule is C[N]C(=O)[C@@H](Nc1ccc(C(=N)N)cc1)c1ccc(OCc2ccccc2)c(OC)c1. The van der Waals surface area contributed by atoms with Crippen molar-refractivity contribution in [3.63, 3.8) is 0 Å².